The van der Waals surface area contributed by atoms with Crippen molar-refractivity contribution < 1.29 is 27.2 Å². The summed E-state index contributed by atoms with van der Waals surface area (Å²) in [5.41, 5.74) is 3.64. The van der Waals surface area contributed by atoms with Crippen LogP contribution < -0.4 is 10.9 Å². The van der Waals surface area contributed by atoms with Crippen LogP contribution in [0.1, 0.15) is 21.5 Å². The zero-order valence-corrected chi connectivity index (χ0v) is 12.6. The summed E-state index contributed by atoms with van der Waals surface area (Å²) in [6.45, 7) is 0. The van der Waals surface area contributed by atoms with E-state index in [9.17, 15) is 27.2 Å². The third-order valence-electron chi connectivity index (χ3n) is 3.05. The summed E-state index contributed by atoms with van der Waals surface area (Å²) in [5, 5.41) is 0. The number of carbonyl (C=O) groups excluding carboxylic acids is 2. The fraction of sp³-hybridized carbons (Fsp3) is 0.0588. The van der Waals surface area contributed by atoms with Crippen molar-refractivity contribution >= 4 is 17.9 Å². The van der Waals surface area contributed by atoms with Crippen LogP contribution in [-0.4, -0.2) is 11.8 Å². The van der Waals surface area contributed by atoms with Gasteiger partial charge in [0.1, 0.15) is 5.82 Å². The molecule has 0 aliphatic heterocycles. The molecule has 0 aliphatic rings. The van der Waals surface area contributed by atoms with Gasteiger partial charge in [-0.1, -0.05) is 12.1 Å². The fourth-order valence-corrected chi connectivity index (χ4v) is 1.82. The molecule has 130 valence electrons. The summed E-state index contributed by atoms with van der Waals surface area (Å²) in [7, 11) is 0. The Morgan fingerprint density at radius 2 is 1.64 bits per heavy atom. The van der Waals surface area contributed by atoms with Crippen LogP contribution in [0.25, 0.3) is 6.08 Å². The van der Waals surface area contributed by atoms with Crippen molar-refractivity contribution in [2.45, 2.75) is 6.18 Å². The maximum atomic E-state index is 12.7. The summed E-state index contributed by atoms with van der Waals surface area (Å²) >= 11 is 0. The normalized spacial score (nSPS) is 11.4. The molecule has 0 saturated carbocycles. The van der Waals surface area contributed by atoms with Crippen molar-refractivity contribution in [2.24, 2.45) is 0 Å². The number of nitrogens with one attached hydrogen (secondary N) is 2. The molecule has 0 heterocycles. The average Bonchev–Trinajstić information content (AvgIpc) is 2.58. The molecule has 0 atom stereocenters. The Balaban J connectivity index is 1.93. The first kappa shape index (κ1) is 18.2. The Bertz CT molecular complexity index is 799. The van der Waals surface area contributed by atoms with Crippen LogP contribution in [0.15, 0.2) is 54.6 Å². The first-order chi connectivity index (χ1) is 11.8. The smallest absolute Gasteiger partial charge is 0.268 e. The van der Waals surface area contributed by atoms with E-state index < -0.39 is 29.4 Å². The molecule has 0 fully saturated rings. The quantitative estimate of drug-likeness (QED) is 0.506. The van der Waals surface area contributed by atoms with E-state index in [1.54, 1.807) is 0 Å². The molecule has 4 nitrogen and oxygen atoms in total. The molecular weight excluding hydrogens is 340 g/mol. The Kier molecular flexibility index (Phi) is 5.53. The van der Waals surface area contributed by atoms with Gasteiger partial charge >= 0.3 is 6.18 Å². The number of rotatable bonds is 3. The van der Waals surface area contributed by atoms with Gasteiger partial charge in [-0.3, -0.25) is 20.4 Å². The van der Waals surface area contributed by atoms with E-state index in [1.165, 1.54) is 30.3 Å². The maximum Gasteiger partial charge on any atom is 0.416 e. The molecule has 0 radical (unpaired) electrons. The van der Waals surface area contributed by atoms with Gasteiger partial charge in [-0.05, 0) is 48.0 Å². The molecule has 2 aromatic carbocycles. The first-order valence-corrected chi connectivity index (χ1v) is 6.97. The van der Waals surface area contributed by atoms with E-state index >= 15 is 0 Å². The molecule has 0 bridgehead atoms. The number of benzene rings is 2. The minimum absolute atomic E-state index is 0.128. The number of hydrazine groups is 1. The molecule has 2 N–H and O–H groups in total. The van der Waals surface area contributed by atoms with Gasteiger partial charge < -0.3 is 0 Å². The summed E-state index contributed by atoms with van der Waals surface area (Å²) in [6.07, 6.45) is -2.33. The topological polar surface area (TPSA) is 58.2 Å². The van der Waals surface area contributed by atoms with Gasteiger partial charge in [-0.2, -0.15) is 13.2 Å². The van der Waals surface area contributed by atoms with Crippen molar-refractivity contribution in [1.82, 2.24) is 10.9 Å². The fourth-order valence-electron chi connectivity index (χ4n) is 1.82. The number of alkyl halides is 3. The molecule has 0 aliphatic carbocycles. The van der Waals surface area contributed by atoms with E-state index in [4.69, 9.17) is 0 Å². The minimum atomic E-state index is -4.48. The maximum absolute atomic E-state index is 12.7. The van der Waals surface area contributed by atoms with Crippen molar-refractivity contribution in [3.05, 3.63) is 77.1 Å². The van der Waals surface area contributed by atoms with Gasteiger partial charge in [-0.25, -0.2) is 4.39 Å². The van der Waals surface area contributed by atoms with Crippen molar-refractivity contribution in [1.29, 1.82) is 0 Å². The number of carbonyl (C=O) groups is 2. The summed E-state index contributed by atoms with van der Waals surface area (Å²) in [4.78, 5) is 23.3. The van der Waals surface area contributed by atoms with Crippen molar-refractivity contribution in [3.8, 4) is 0 Å². The molecule has 0 aromatic heterocycles. The second-order valence-corrected chi connectivity index (χ2v) is 4.91. The van der Waals surface area contributed by atoms with Crippen LogP contribution in [0.2, 0.25) is 0 Å². The third kappa shape index (κ3) is 5.45. The van der Waals surface area contributed by atoms with E-state index in [0.717, 1.165) is 30.3 Å². The van der Waals surface area contributed by atoms with Gasteiger partial charge in [0.15, 0.2) is 0 Å². The predicted molar refractivity (Wildman–Crippen MR) is 82.5 cm³/mol. The molecule has 0 unspecified atom stereocenters. The molecule has 0 saturated heterocycles. The lowest BCUT2D eigenvalue weighted by Crippen LogP contribution is -2.40. The van der Waals surface area contributed by atoms with Crippen molar-refractivity contribution in [2.75, 3.05) is 0 Å². The van der Waals surface area contributed by atoms with Gasteiger partial charge in [0, 0.05) is 11.6 Å². The minimum Gasteiger partial charge on any atom is -0.268 e. The first-order valence-electron chi connectivity index (χ1n) is 6.97. The van der Waals surface area contributed by atoms with E-state index in [0.29, 0.717) is 0 Å². The van der Waals surface area contributed by atoms with Crippen LogP contribution >= 0.6 is 0 Å². The molecule has 2 aromatic rings. The lowest BCUT2D eigenvalue weighted by atomic mass is 10.1. The van der Waals surface area contributed by atoms with Gasteiger partial charge in [0.25, 0.3) is 11.8 Å². The lowest BCUT2D eigenvalue weighted by molar-refractivity contribution is -0.137. The Morgan fingerprint density at radius 1 is 0.960 bits per heavy atom. The highest BCUT2D eigenvalue weighted by Crippen LogP contribution is 2.29. The van der Waals surface area contributed by atoms with Crippen LogP contribution in [0.5, 0.6) is 0 Å². The van der Waals surface area contributed by atoms with E-state index in [1.807, 2.05) is 0 Å². The Morgan fingerprint density at radius 3 is 2.28 bits per heavy atom. The highest BCUT2D eigenvalue weighted by Gasteiger charge is 2.30. The average molecular weight is 352 g/mol. The van der Waals surface area contributed by atoms with Gasteiger partial charge in [0.05, 0.1) is 5.56 Å². The predicted octanol–water partition coefficient (Wildman–Crippen LogP) is 3.32. The van der Waals surface area contributed by atoms with Gasteiger partial charge in [-0.15, -0.1) is 0 Å². The highest BCUT2D eigenvalue weighted by molar-refractivity contribution is 5.97. The summed E-state index contributed by atoms with van der Waals surface area (Å²) in [6, 6.07) is 9.06. The largest absolute Gasteiger partial charge is 0.416 e. The van der Waals surface area contributed by atoms with Crippen LogP contribution in [-0.2, 0) is 11.0 Å². The van der Waals surface area contributed by atoms with Crippen LogP contribution in [0.3, 0.4) is 0 Å². The molecular formula is C17H12F4N2O2. The van der Waals surface area contributed by atoms with Gasteiger partial charge in [0.2, 0.25) is 0 Å². The Labute approximate surface area is 140 Å². The third-order valence-corrected chi connectivity index (χ3v) is 3.05. The SMILES string of the molecule is O=C(/C=C/c1cccc(C(F)(F)F)c1)NNC(=O)c1ccc(F)cc1. The molecule has 0 spiro atoms. The van der Waals surface area contributed by atoms with Crippen LogP contribution in [0, 0.1) is 5.82 Å². The standard InChI is InChI=1S/C17H12F4N2O2/c18-14-7-5-12(6-8-14)16(25)23-22-15(24)9-4-11-2-1-3-13(10-11)17(19,20)21/h1-10H,(H,22,24)(H,23,25)/b9-4+. The molecule has 2 rings (SSSR count). The second-order valence-electron chi connectivity index (χ2n) is 4.91. The lowest BCUT2D eigenvalue weighted by Gasteiger charge is -2.07. The highest BCUT2D eigenvalue weighted by atomic mass is 19.4. The number of hydrogen-bond acceptors (Lipinski definition) is 2. The van der Waals surface area contributed by atoms with E-state index in [-0.39, 0.29) is 11.1 Å². The zero-order valence-electron chi connectivity index (χ0n) is 12.6. The monoisotopic (exact) mass is 352 g/mol. The summed E-state index contributed by atoms with van der Waals surface area (Å²) in [5.74, 6) is -1.92. The zero-order chi connectivity index (χ0) is 18.4. The van der Waals surface area contributed by atoms with E-state index in [2.05, 4.69) is 10.9 Å². The second kappa shape index (κ2) is 7.61. The molecule has 25 heavy (non-hydrogen) atoms. The molecule has 2 amide bonds. The number of halogens is 4. The number of amides is 2. The Hall–Kier alpha value is -3.16. The molecule has 8 heteroatoms. The van der Waals surface area contributed by atoms with Crippen LogP contribution in [0.4, 0.5) is 17.6 Å². The van der Waals surface area contributed by atoms with Crippen molar-refractivity contribution in [3.63, 3.8) is 0 Å². The number of hydrogen-bond donors (Lipinski definition) is 2. The summed E-state index contributed by atoms with van der Waals surface area (Å²) < 4.78 is 50.5.